The maximum absolute atomic E-state index is 6.13. The molecule has 94 valence electrons. The van der Waals surface area contributed by atoms with E-state index in [1.165, 1.54) is 0 Å². The highest BCUT2D eigenvalue weighted by Gasteiger charge is 2.03. The Morgan fingerprint density at radius 2 is 2.06 bits per heavy atom. The maximum atomic E-state index is 6.13. The fraction of sp³-hybridized carbons (Fsp3) is 0.154. The van der Waals surface area contributed by atoms with Crippen LogP contribution in [0.3, 0.4) is 0 Å². The first kappa shape index (κ1) is 12.5. The van der Waals surface area contributed by atoms with Crippen LogP contribution >= 0.6 is 11.6 Å². The zero-order chi connectivity index (χ0) is 13.0. The van der Waals surface area contributed by atoms with E-state index in [2.05, 4.69) is 15.6 Å². The van der Waals surface area contributed by atoms with Crippen molar-refractivity contribution in [2.24, 2.45) is 0 Å². The van der Waals surface area contributed by atoms with Gasteiger partial charge in [-0.25, -0.2) is 4.98 Å². The highest BCUT2D eigenvalue weighted by molar-refractivity contribution is 6.33. The van der Waals surface area contributed by atoms with Crippen LogP contribution in [0.25, 0.3) is 0 Å². The summed E-state index contributed by atoms with van der Waals surface area (Å²) < 4.78 is 5.17. The number of rotatable bonds is 4. The van der Waals surface area contributed by atoms with Crippen molar-refractivity contribution in [3.05, 3.63) is 41.6 Å². The van der Waals surface area contributed by atoms with Crippen LogP contribution in [0.5, 0.6) is 5.75 Å². The van der Waals surface area contributed by atoms with Gasteiger partial charge in [-0.3, -0.25) is 0 Å². The smallest absolute Gasteiger partial charge is 0.127 e. The molecule has 4 nitrogen and oxygen atoms in total. The maximum Gasteiger partial charge on any atom is 0.127 e. The number of ether oxygens (including phenoxy) is 1. The summed E-state index contributed by atoms with van der Waals surface area (Å²) in [4.78, 5) is 4.15. The molecule has 0 atom stereocenters. The van der Waals surface area contributed by atoms with E-state index in [0.717, 1.165) is 22.9 Å². The summed E-state index contributed by atoms with van der Waals surface area (Å²) >= 11 is 6.13. The Labute approximate surface area is 111 Å². The van der Waals surface area contributed by atoms with Gasteiger partial charge in [-0.05, 0) is 18.2 Å². The molecule has 18 heavy (non-hydrogen) atoms. The number of methoxy groups -OCH3 is 1. The van der Waals surface area contributed by atoms with Gasteiger partial charge >= 0.3 is 0 Å². The molecule has 0 fully saturated rings. The summed E-state index contributed by atoms with van der Waals surface area (Å²) in [5, 5.41) is 6.85. The number of halogens is 1. The molecule has 0 bridgehead atoms. The largest absolute Gasteiger partial charge is 0.497 e. The van der Waals surface area contributed by atoms with E-state index >= 15 is 0 Å². The second kappa shape index (κ2) is 5.60. The summed E-state index contributed by atoms with van der Waals surface area (Å²) in [5.74, 6) is 1.55. The van der Waals surface area contributed by atoms with Crippen LogP contribution in [-0.4, -0.2) is 19.1 Å². The fourth-order valence-electron chi connectivity index (χ4n) is 1.53. The first-order valence-electron chi connectivity index (χ1n) is 5.47. The first-order valence-corrected chi connectivity index (χ1v) is 5.85. The van der Waals surface area contributed by atoms with Gasteiger partial charge in [0, 0.05) is 31.1 Å². The highest BCUT2D eigenvalue weighted by Crippen LogP contribution is 2.29. The second-order valence-electron chi connectivity index (χ2n) is 3.65. The Morgan fingerprint density at radius 3 is 2.78 bits per heavy atom. The molecule has 1 aromatic carbocycles. The molecule has 1 aromatic heterocycles. The zero-order valence-electron chi connectivity index (χ0n) is 10.2. The second-order valence-corrected chi connectivity index (χ2v) is 4.06. The number of nitrogens with zero attached hydrogens (tertiary/aromatic N) is 1. The lowest BCUT2D eigenvalue weighted by Gasteiger charge is -2.10. The third-order valence-corrected chi connectivity index (χ3v) is 2.80. The Morgan fingerprint density at radius 1 is 1.22 bits per heavy atom. The third kappa shape index (κ3) is 2.84. The molecule has 0 amide bonds. The first-order chi connectivity index (χ1) is 8.72. The number of hydrogen-bond acceptors (Lipinski definition) is 4. The van der Waals surface area contributed by atoms with Crippen LogP contribution in [0.15, 0.2) is 36.5 Å². The van der Waals surface area contributed by atoms with E-state index in [1.807, 2.05) is 31.3 Å². The number of hydrogen-bond donors (Lipinski definition) is 2. The average molecular weight is 264 g/mol. The van der Waals surface area contributed by atoms with E-state index < -0.39 is 0 Å². The van der Waals surface area contributed by atoms with E-state index in [1.54, 1.807) is 19.4 Å². The van der Waals surface area contributed by atoms with Crippen LogP contribution in [0.4, 0.5) is 17.2 Å². The summed E-state index contributed by atoms with van der Waals surface area (Å²) in [5.41, 5.74) is 1.70. The van der Waals surface area contributed by atoms with Gasteiger partial charge in [0.15, 0.2) is 0 Å². The molecular formula is C13H14ClN3O. The van der Waals surface area contributed by atoms with Gasteiger partial charge in [0.2, 0.25) is 0 Å². The van der Waals surface area contributed by atoms with E-state index in [9.17, 15) is 0 Å². The standard InChI is InChI=1S/C13H14ClN3O/c1-15-13-7-9(5-6-16-13)17-12-8-10(18-2)3-4-11(12)14/h3-8H,1-2H3,(H2,15,16,17). The predicted octanol–water partition coefficient (Wildman–Crippen LogP) is 3.53. The molecule has 2 aromatic rings. The summed E-state index contributed by atoms with van der Waals surface area (Å²) in [6, 6.07) is 9.23. The van der Waals surface area contributed by atoms with Gasteiger partial charge in [-0.1, -0.05) is 11.6 Å². The van der Waals surface area contributed by atoms with Crippen molar-refractivity contribution in [1.29, 1.82) is 0 Å². The van der Waals surface area contributed by atoms with Crippen LogP contribution in [0.2, 0.25) is 5.02 Å². The van der Waals surface area contributed by atoms with Crippen LogP contribution in [-0.2, 0) is 0 Å². The van der Waals surface area contributed by atoms with Crippen LogP contribution in [0.1, 0.15) is 0 Å². The minimum Gasteiger partial charge on any atom is -0.497 e. The Hall–Kier alpha value is -1.94. The molecule has 0 aliphatic carbocycles. The molecule has 0 saturated heterocycles. The summed E-state index contributed by atoms with van der Waals surface area (Å²) in [6.07, 6.45) is 1.72. The summed E-state index contributed by atoms with van der Waals surface area (Å²) in [6.45, 7) is 0. The quantitative estimate of drug-likeness (QED) is 0.886. The normalized spacial score (nSPS) is 9.94. The minimum atomic E-state index is 0.638. The van der Waals surface area contributed by atoms with Crippen molar-refractivity contribution in [3.8, 4) is 5.75 Å². The van der Waals surface area contributed by atoms with E-state index in [-0.39, 0.29) is 0 Å². The van der Waals surface area contributed by atoms with Crippen molar-refractivity contribution in [1.82, 2.24) is 4.98 Å². The lowest BCUT2D eigenvalue weighted by molar-refractivity contribution is 0.415. The van der Waals surface area contributed by atoms with Crippen LogP contribution in [0, 0.1) is 0 Å². The van der Waals surface area contributed by atoms with Crippen LogP contribution < -0.4 is 15.4 Å². The molecule has 5 heteroatoms. The van der Waals surface area contributed by atoms with Gasteiger partial charge in [-0.15, -0.1) is 0 Å². The third-order valence-electron chi connectivity index (χ3n) is 2.47. The van der Waals surface area contributed by atoms with Crippen molar-refractivity contribution in [2.45, 2.75) is 0 Å². The molecule has 0 unspecified atom stereocenters. The molecule has 0 spiro atoms. The SMILES string of the molecule is CNc1cc(Nc2cc(OC)ccc2Cl)ccn1. The van der Waals surface area contributed by atoms with Crippen molar-refractivity contribution in [3.63, 3.8) is 0 Å². The lowest BCUT2D eigenvalue weighted by atomic mass is 10.2. The van der Waals surface area contributed by atoms with Gasteiger partial charge in [-0.2, -0.15) is 0 Å². The number of pyridine rings is 1. The Kier molecular flexibility index (Phi) is 3.89. The molecule has 2 N–H and O–H groups in total. The lowest BCUT2D eigenvalue weighted by Crippen LogP contribution is -1.96. The zero-order valence-corrected chi connectivity index (χ0v) is 11.0. The molecule has 2 rings (SSSR count). The molecule has 0 aliphatic heterocycles. The predicted molar refractivity (Wildman–Crippen MR) is 75.1 cm³/mol. The molecule has 0 aliphatic rings. The number of nitrogens with one attached hydrogen (secondary N) is 2. The van der Waals surface area contributed by atoms with Gasteiger partial charge in [0.05, 0.1) is 17.8 Å². The number of benzene rings is 1. The fourth-order valence-corrected chi connectivity index (χ4v) is 1.69. The average Bonchev–Trinajstić information content (AvgIpc) is 2.41. The summed E-state index contributed by atoms with van der Waals surface area (Å²) in [7, 11) is 3.45. The van der Waals surface area contributed by atoms with Crippen molar-refractivity contribution >= 4 is 28.8 Å². The van der Waals surface area contributed by atoms with Gasteiger partial charge < -0.3 is 15.4 Å². The highest BCUT2D eigenvalue weighted by atomic mass is 35.5. The minimum absolute atomic E-state index is 0.638. The Bertz CT molecular complexity index is 546. The topological polar surface area (TPSA) is 46.2 Å². The van der Waals surface area contributed by atoms with Gasteiger partial charge in [0.25, 0.3) is 0 Å². The van der Waals surface area contributed by atoms with Crippen molar-refractivity contribution in [2.75, 3.05) is 24.8 Å². The number of anilines is 3. The van der Waals surface area contributed by atoms with E-state index in [4.69, 9.17) is 16.3 Å². The molecular weight excluding hydrogens is 250 g/mol. The molecule has 1 heterocycles. The monoisotopic (exact) mass is 263 g/mol. The molecule has 0 radical (unpaired) electrons. The van der Waals surface area contributed by atoms with E-state index in [0.29, 0.717) is 5.02 Å². The molecule has 0 saturated carbocycles. The van der Waals surface area contributed by atoms with Crippen molar-refractivity contribution < 1.29 is 4.74 Å². The Balaban J connectivity index is 2.27. The number of aromatic nitrogens is 1. The van der Waals surface area contributed by atoms with Gasteiger partial charge in [0.1, 0.15) is 11.6 Å².